The first kappa shape index (κ1) is 17.4. The molecule has 1 amide bonds. The van der Waals surface area contributed by atoms with Crippen LogP contribution < -0.4 is 0 Å². The zero-order chi connectivity index (χ0) is 17.1. The quantitative estimate of drug-likeness (QED) is 0.824. The van der Waals surface area contributed by atoms with E-state index in [1.54, 1.807) is 0 Å². The van der Waals surface area contributed by atoms with E-state index in [9.17, 15) is 4.79 Å². The van der Waals surface area contributed by atoms with Gasteiger partial charge in [0, 0.05) is 38.1 Å². The molecule has 1 aliphatic carbocycles. The maximum absolute atomic E-state index is 12.4. The lowest BCUT2D eigenvalue weighted by Gasteiger charge is -2.39. The van der Waals surface area contributed by atoms with Crippen LogP contribution in [0.25, 0.3) is 0 Å². The van der Waals surface area contributed by atoms with E-state index >= 15 is 0 Å². The molecule has 5 nitrogen and oxygen atoms in total. The molecule has 1 aromatic rings. The van der Waals surface area contributed by atoms with Crippen LogP contribution in [0.2, 0.25) is 0 Å². The molecule has 1 aliphatic heterocycles. The molecule has 132 valence electrons. The number of fused-ring (bicyclic) bond motifs is 1. The van der Waals surface area contributed by atoms with Crippen molar-refractivity contribution in [3.63, 3.8) is 0 Å². The molecule has 2 aliphatic rings. The summed E-state index contributed by atoms with van der Waals surface area (Å²) >= 11 is 0. The summed E-state index contributed by atoms with van der Waals surface area (Å²) in [5.74, 6) is 1.57. The van der Waals surface area contributed by atoms with Gasteiger partial charge in [0.1, 0.15) is 0 Å². The van der Waals surface area contributed by atoms with Gasteiger partial charge in [-0.2, -0.15) is 0 Å². The van der Waals surface area contributed by atoms with Crippen molar-refractivity contribution in [3.05, 3.63) is 30.1 Å². The third-order valence-corrected chi connectivity index (χ3v) is 5.59. The highest BCUT2D eigenvalue weighted by molar-refractivity contribution is 5.78. The molecule has 0 spiro atoms. The van der Waals surface area contributed by atoms with Gasteiger partial charge in [0.2, 0.25) is 5.91 Å². The third kappa shape index (κ3) is 3.95. The highest BCUT2D eigenvalue weighted by atomic mass is 16.2. The number of amides is 1. The van der Waals surface area contributed by atoms with Crippen LogP contribution in [0.3, 0.4) is 0 Å². The minimum atomic E-state index is 0.281. The van der Waals surface area contributed by atoms with Crippen LogP contribution in [0, 0.1) is 11.8 Å². The highest BCUT2D eigenvalue weighted by Crippen LogP contribution is 2.38. The Bertz CT molecular complexity index is 548. The molecule has 2 fully saturated rings. The van der Waals surface area contributed by atoms with Crippen molar-refractivity contribution in [1.29, 1.82) is 0 Å². The Labute approximate surface area is 145 Å². The van der Waals surface area contributed by atoms with Gasteiger partial charge in [-0.15, -0.1) is 0 Å². The smallest absolute Gasteiger partial charge is 0.236 e. The van der Waals surface area contributed by atoms with Gasteiger partial charge in [0.25, 0.3) is 0 Å². The molecular formula is C19H30N4O. The van der Waals surface area contributed by atoms with Crippen molar-refractivity contribution in [2.75, 3.05) is 40.8 Å². The van der Waals surface area contributed by atoms with Gasteiger partial charge in [-0.1, -0.05) is 12.5 Å². The van der Waals surface area contributed by atoms with Crippen LogP contribution >= 0.6 is 0 Å². The number of nitrogens with zero attached hydrogens (tertiary/aromatic N) is 4. The summed E-state index contributed by atoms with van der Waals surface area (Å²) < 4.78 is 0. The van der Waals surface area contributed by atoms with E-state index in [1.165, 1.54) is 24.8 Å². The SMILES string of the molecule is CN(C)CC(=O)N1C[C@H]2CCC[C@@H](N(C)Cc3cccnc3)[C@H]2C1. The van der Waals surface area contributed by atoms with Crippen molar-refractivity contribution in [2.45, 2.75) is 31.8 Å². The number of hydrogen-bond acceptors (Lipinski definition) is 4. The number of likely N-dealkylation sites (N-methyl/N-ethyl adjacent to an activating group) is 1. The molecule has 0 unspecified atom stereocenters. The number of hydrogen-bond donors (Lipinski definition) is 0. The predicted octanol–water partition coefficient (Wildman–Crippen LogP) is 1.70. The minimum Gasteiger partial charge on any atom is -0.341 e. The zero-order valence-corrected chi connectivity index (χ0v) is 15.2. The van der Waals surface area contributed by atoms with Crippen LogP contribution in [-0.2, 0) is 11.3 Å². The van der Waals surface area contributed by atoms with Crippen LogP contribution in [0.5, 0.6) is 0 Å². The molecule has 2 heterocycles. The number of rotatable bonds is 5. The Morgan fingerprint density at radius 3 is 2.83 bits per heavy atom. The van der Waals surface area contributed by atoms with Crippen LogP contribution in [0.15, 0.2) is 24.5 Å². The summed E-state index contributed by atoms with van der Waals surface area (Å²) in [6, 6.07) is 4.72. The zero-order valence-electron chi connectivity index (χ0n) is 15.2. The normalized spacial score (nSPS) is 26.9. The second-order valence-corrected chi connectivity index (χ2v) is 7.74. The molecule has 1 aromatic heterocycles. The molecule has 3 rings (SSSR count). The molecule has 0 aromatic carbocycles. The van der Waals surface area contributed by atoms with Crippen molar-refractivity contribution in [2.24, 2.45) is 11.8 Å². The monoisotopic (exact) mass is 330 g/mol. The lowest BCUT2D eigenvalue weighted by molar-refractivity contribution is -0.131. The van der Waals surface area contributed by atoms with Crippen molar-refractivity contribution < 1.29 is 4.79 Å². The molecule has 3 atom stereocenters. The Hall–Kier alpha value is -1.46. The standard InChI is InChI=1S/C19H30N4O/c1-21(2)14-19(24)23-12-16-7-4-8-18(17(16)13-23)22(3)11-15-6-5-9-20-10-15/h5-6,9-10,16-18H,4,7-8,11-14H2,1-3H3/t16-,17+,18-/m1/s1. The number of aromatic nitrogens is 1. The molecule has 5 heteroatoms. The molecule has 1 saturated carbocycles. The second-order valence-electron chi connectivity index (χ2n) is 7.74. The second kappa shape index (κ2) is 7.62. The molecule has 0 bridgehead atoms. The van der Waals surface area contributed by atoms with Gasteiger partial charge in [-0.05, 0) is 57.5 Å². The summed E-state index contributed by atoms with van der Waals surface area (Å²) in [7, 11) is 6.15. The third-order valence-electron chi connectivity index (χ3n) is 5.59. The fourth-order valence-electron chi connectivity index (χ4n) is 4.46. The summed E-state index contributed by atoms with van der Waals surface area (Å²) in [6.07, 6.45) is 7.57. The average molecular weight is 330 g/mol. The fraction of sp³-hybridized carbons (Fsp3) is 0.684. The predicted molar refractivity (Wildman–Crippen MR) is 95.5 cm³/mol. The van der Waals surface area contributed by atoms with Gasteiger partial charge in [-0.25, -0.2) is 0 Å². The maximum atomic E-state index is 12.4. The topological polar surface area (TPSA) is 39.7 Å². The molecular weight excluding hydrogens is 300 g/mol. The highest BCUT2D eigenvalue weighted by Gasteiger charge is 2.42. The maximum Gasteiger partial charge on any atom is 0.236 e. The first-order chi connectivity index (χ1) is 11.5. The van der Waals surface area contributed by atoms with Gasteiger partial charge in [0.15, 0.2) is 0 Å². The molecule has 0 N–H and O–H groups in total. The largest absolute Gasteiger partial charge is 0.341 e. The number of pyridine rings is 1. The lowest BCUT2D eigenvalue weighted by Crippen LogP contribution is -2.43. The van der Waals surface area contributed by atoms with Crippen molar-refractivity contribution in [3.8, 4) is 0 Å². The van der Waals surface area contributed by atoms with E-state index in [0.717, 1.165) is 19.6 Å². The van der Waals surface area contributed by atoms with E-state index in [0.29, 0.717) is 24.4 Å². The number of carbonyl (C=O) groups excluding carboxylic acids is 1. The molecule has 1 saturated heterocycles. The summed E-state index contributed by atoms with van der Waals surface area (Å²) in [6.45, 7) is 3.34. The van der Waals surface area contributed by atoms with Crippen molar-refractivity contribution in [1.82, 2.24) is 19.7 Å². The van der Waals surface area contributed by atoms with Gasteiger partial charge in [-0.3, -0.25) is 14.7 Å². The average Bonchev–Trinajstić information content (AvgIpc) is 2.99. The Kier molecular flexibility index (Phi) is 5.51. The Morgan fingerprint density at radius 1 is 1.29 bits per heavy atom. The fourth-order valence-corrected chi connectivity index (χ4v) is 4.46. The van der Waals surface area contributed by atoms with E-state index in [-0.39, 0.29) is 5.91 Å². The van der Waals surface area contributed by atoms with E-state index in [2.05, 4.69) is 27.9 Å². The van der Waals surface area contributed by atoms with Crippen molar-refractivity contribution >= 4 is 5.91 Å². The first-order valence-electron chi connectivity index (χ1n) is 9.06. The number of carbonyl (C=O) groups is 1. The van der Waals surface area contributed by atoms with Crippen LogP contribution in [0.4, 0.5) is 0 Å². The lowest BCUT2D eigenvalue weighted by atomic mass is 9.77. The Morgan fingerprint density at radius 2 is 2.12 bits per heavy atom. The molecule has 0 radical (unpaired) electrons. The minimum absolute atomic E-state index is 0.281. The summed E-state index contributed by atoms with van der Waals surface area (Å²) in [5, 5.41) is 0. The van der Waals surface area contributed by atoms with Crippen LogP contribution in [0.1, 0.15) is 24.8 Å². The van der Waals surface area contributed by atoms with E-state index in [4.69, 9.17) is 0 Å². The number of likely N-dealkylation sites (tertiary alicyclic amines) is 1. The first-order valence-corrected chi connectivity index (χ1v) is 9.06. The summed E-state index contributed by atoms with van der Waals surface area (Å²) in [5.41, 5.74) is 1.26. The van der Waals surface area contributed by atoms with Gasteiger partial charge < -0.3 is 9.80 Å². The summed E-state index contributed by atoms with van der Waals surface area (Å²) in [4.78, 5) is 23.2. The van der Waals surface area contributed by atoms with Gasteiger partial charge in [0.05, 0.1) is 6.54 Å². The van der Waals surface area contributed by atoms with Crippen LogP contribution in [-0.4, -0.2) is 72.4 Å². The van der Waals surface area contributed by atoms with E-state index < -0.39 is 0 Å². The Balaban J connectivity index is 1.64. The molecule has 24 heavy (non-hydrogen) atoms. The van der Waals surface area contributed by atoms with Gasteiger partial charge >= 0.3 is 0 Å². The van der Waals surface area contributed by atoms with E-state index in [1.807, 2.05) is 37.5 Å².